The molecule has 0 aliphatic carbocycles. The van der Waals surface area contributed by atoms with Crippen LogP contribution in [0.2, 0.25) is 0 Å². The van der Waals surface area contributed by atoms with Crippen molar-refractivity contribution >= 4 is 39.2 Å². The number of anilines is 1. The lowest BCUT2D eigenvalue weighted by Crippen LogP contribution is -2.42. The molecule has 120 valence electrons. The highest BCUT2D eigenvalue weighted by Crippen LogP contribution is 2.26. The van der Waals surface area contributed by atoms with Crippen LogP contribution in [0.5, 0.6) is 0 Å². The Morgan fingerprint density at radius 2 is 1.96 bits per heavy atom. The molecule has 0 spiro atoms. The van der Waals surface area contributed by atoms with Gasteiger partial charge in [-0.15, -0.1) is 11.3 Å². The van der Waals surface area contributed by atoms with Crippen LogP contribution in [0.15, 0.2) is 30.0 Å². The average molecular weight is 332 g/mol. The highest BCUT2D eigenvalue weighted by Gasteiger charge is 2.38. The van der Waals surface area contributed by atoms with Gasteiger partial charge in [0.2, 0.25) is 0 Å². The number of carbonyl (C=O) groups is 2. The molecule has 0 unspecified atom stereocenters. The summed E-state index contributed by atoms with van der Waals surface area (Å²) in [4.78, 5) is 28.2. The lowest BCUT2D eigenvalue weighted by Gasteiger charge is -2.29. The summed E-state index contributed by atoms with van der Waals surface area (Å²) >= 11 is 1.62. The summed E-state index contributed by atoms with van der Waals surface area (Å²) in [5.41, 5.74) is 1.52. The molecular formula is C16H16N2O4S. The number of aryl methyl sites for hydroxylation is 1. The predicted molar refractivity (Wildman–Crippen MR) is 87.0 cm³/mol. The van der Waals surface area contributed by atoms with Crippen LogP contribution in [0.1, 0.15) is 25.8 Å². The van der Waals surface area contributed by atoms with Crippen LogP contribution in [-0.2, 0) is 25.5 Å². The Labute approximate surface area is 137 Å². The average Bonchev–Trinajstić information content (AvgIpc) is 2.87. The highest BCUT2D eigenvalue weighted by molar-refractivity contribution is 7.18. The zero-order valence-electron chi connectivity index (χ0n) is 13.0. The largest absolute Gasteiger partial charge is 0.419 e. The monoisotopic (exact) mass is 332 g/mol. The molecule has 1 N–H and O–H groups in total. The van der Waals surface area contributed by atoms with Gasteiger partial charge >= 0.3 is 11.9 Å². The Bertz CT molecular complexity index is 801. The van der Waals surface area contributed by atoms with Crippen molar-refractivity contribution in [2.75, 3.05) is 5.32 Å². The van der Waals surface area contributed by atoms with E-state index in [9.17, 15) is 9.59 Å². The zero-order valence-corrected chi connectivity index (χ0v) is 13.8. The molecule has 2 aromatic rings. The number of carbonyl (C=O) groups excluding carboxylic acids is 2. The maximum Gasteiger partial charge on any atom is 0.350 e. The second-order valence-corrected chi connectivity index (χ2v) is 6.64. The molecule has 0 atom stereocenters. The molecule has 1 fully saturated rings. The number of ether oxygens (including phenoxy) is 2. The van der Waals surface area contributed by atoms with Gasteiger partial charge in [-0.1, -0.05) is 6.92 Å². The molecule has 0 radical (unpaired) electrons. The molecule has 6 nitrogen and oxygen atoms in total. The van der Waals surface area contributed by atoms with Gasteiger partial charge in [0, 0.05) is 25.7 Å². The van der Waals surface area contributed by atoms with E-state index >= 15 is 0 Å². The third-order valence-electron chi connectivity index (χ3n) is 3.24. The van der Waals surface area contributed by atoms with E-state index < -0.39 is 17.7 Å². The molecule has 0 bridgehead atoms. The van der Waals surface area contributed by atoms with Crippen LogP contribution in [0.25, 0.3) is 10.2 Å². The summed E-state index contributed by atoms with van der Waals surface area (Å²) in [6.45, 7) is 5.08. The van der Waals surface area contributed by atoms with Crippen LogP contribution >= 0.6 is 11.3 Å². The fourth-order valence-electron chi connectivity index (χ4n) is 2.15. The Balaban J connectivity index is 1.82. The fraction of sp³-hybridized carbons (Fsp3) is 0.312. The predicted octanol–water partition coefficient (Wildman–Crippen LogP) is 2.99. The number of esters is 2. The van der Waals surface area contributed by atoms with Gasteiger partial charge in [0.15, 0.2) is 5.57 Å². The topological polar surface area (TPSA) is 77.5 Å². The lowest BCUT2D eigenvalue weighted by atomic mass is 10.2. The normalized spacial score (nSPS) is 16.9. The van der Waals surface area contributed by atoms with Crippen molar-refractivity contribution < 1.29 is 19.1 Å². The third kappa shape index (κ3) is 3.19. The van der Waals surface area contributed by atoms with E-state index in [0.717, 1.165) is 27.3 Å². The number of hydrogen-bond acceptors (Lipinski definition) is 7. The fourth-order valence-corrected chi connectivity index (χ4v) is 3.09. The molecule has 1 aromatic heterocycles. The van der Waals surface area contributed by atoms with E-state index in [-0.39, 0.29) is 5.57 Å². The van der Waals surface area contributed by atoms with Crippen LogP contribution in [0, 0.1) is 0 Å². The van der Waals surface area contributed by atoms with Gasteiger partial charge in [-0.2, -0.15) is 0 Å². The maximum absolute atomic E-state index is 11.9. The smallest absolute Gasteiger partial charge is 0.350 e. The van der Waals surface area contributed by atoms with Crippen molar-refractivity contribution in [3.05, 3.63) is 35.0 Å². The summed E-state index contributed by atoms with van der Waals surface area (Å²) < 4.78 is 11.1. The van der Waals surface area contributed by atoms with Gasteiger partial charge in [0.1, 0.15) is 0 Å². The first-order valence-electron chi connectivity index (χ1n) is 7.21. The molecular weight excluding hydrogens is 316 g/mol. The first-order chi connectivity index (χ1) is 10.9. The van der Waals surface area contributed by atoms with Gasteiger partial charge in [-0.3, -0.25) is 0 Å². The van der Waals surface area contributed by atoms with Crippen LogP contribution in [0.3, 0.4) is 0 Å². The Morgan fingerprint density at radius 1 is 1.26 bits per heavy atom. The maximum atomic E-state index is 11.9. The molecule has 7 heteroatoms. The third-order valence-corrected chi connectivity index (χ3v) is 4.40. The quantitative estimate of drug-likeness (QED) is 0.529. The molecule has 1 saturated heterocycles. The SMILES string of the molecule is CCc1nc2ccc(NC=C3C(=O)OC(C)(C)OC3=O)cc2s1. The number of thiazole rings is 1. The molecule has 0 saturated carbocycles. The van der Waals surface area contributed by atoms with Crippen LogP contribution < -0.4 is 5.32 Å². The van der Waals surface area contributed by atoms with E-state index in [0.29, 0.717) is 0 Å². The number of hydrogen-bond donors (Lipinski definition) is 1. The summed E-state index contributed by atoms with van der Waals surface area (Å²) in [5.74, 6) is -2.64. The minimum Gasteiger partial charge on any atom is -0.419 e. The Morgan fingerprint density at radius 3 is 2.61 bits per heavy atom. The van der Waals surface area contributed by atoms with Crippen molar-refractivity contribution in [3.8, 4) is 0 Å². The van der Waals surface area contributed by atoms with Crippen molar-refractivity contribution in [3.63, 3.8) is 0 Å². The van der Waals surface area contributed by atoms with Gasteiger partial charge < -0.3 is 14.8 Å². The molecule has 1 aliphatic heterocycles. The van der Waals surface area contributed by atoms with E-state index in [1.165, 1.54) is 20.0 Å². The molecule has 0 amide bonds. The Hall–Kier alpha value is -2.41. The number of nitrogens with one attached hydrogen (secondary N) is 1. The molecule has 23 heavy (non-hydrogen) atoms. The number of fused-ring (bicyclic) bond motifs is 1. The second kappa shape index (κ2) is 5.66. The zero-order chi connectivity index (χ0) is 16.6. The van der Waals surface area contributed by atoms with Gasteiger partial charge in [-0.05, 0) is 24.6 Å². The summed E-state index contributed by atoms with van der Waals surface area (Å²) in [6.07, 6.45) is 2.20. The summed E-state index contributed by atoms with van der Waals surface area (Å²) in [6, 6.07) is 5.65. The summed E-state index contributed by atoms with van der Waals surface area (Å²) in [5, 5.41) is 4.00. The molecule has 1 aliphatic rings. The van der Waals surface area contributed by atoms with Crippen LogP contribution in [-0.4, -0.2) is 22.7 Å². The van der Waals surface area contributed by atoms with Crippen molar-refractivity contribution in [1.29, 1.82) is 0 Å². The van der Waals surface area contributed by atoms with Gasteiger partial charge in [0.25, 0.3) is 5.79 Å². The van der Waals surface area contributed by atoms with E-state index in [2.05, 4.69) is 17.2 Å². The number of nitrogens with zero attached hydrogens (tertiary/aromatic N) is 1. The Kier molecular flexibility index (Phi) is 3.81. The van der Waals surface area contributed by atoms with Crippen molar-refractivity contribution in [2.45, 2.75) is 33.0 Å². The first kappa shape index (κ1) is 15.5. The first-order valence-corrected chi connectivity index (χ1v) is 8.02. The van der Waals surface area contributed by atoms with E-state index in [1.54, 1.807) is 11.3 Å². The lowest BCUT2D eigenvalue weighted by molar-refractivity contribution is -0.222. The van der Waals surface area contributed by atoms with Crippen molar-refractivity contribution in [1.82, 2.24) is 4.98 Å². The van der Waals surface area contributed by atoms with Gasteiger partial charge in [0.05, 0.1) is 15.2 Å². The number of benzene rings is 1. The van der Waals surface area contributed by atoms with E-state index in [4.69, 9.17) is 9.47 Å². The molecule has 1 aromatic carbocycles. The highest BCUT2D eigenvalue weighted by atomic mass is 32.1. The number of cyclic esters (lactones) is 2. The molecule has 3 rings (SSSR count). The van der Waals surface area contributed by atoms with Gasteiger partial charge in [-0.25, -0.2) is 14.6 Å². The standard InChI is InChI=1S/C16H16N2O4S/c1-4-13-18-11-6-5-9(7-12(11)23-13)17-8-10-14(19)21-16(2,3)22-15(10)20/h5-8,17H,4H2,1-3H3. The van der Waals surface area contributed by atoms with E-state index in [1.807, 2.05) is 18.2 Å². The number of aromatic nitrogens is 1. The number of rotatable bonds is 3. The van der Waals surface area contributed by atoms with Crippen molar-refractivity contribution in [2.24, 2.45) is 0 Å². The van der Waals surface area contributed by atoms with Crippen LogP contribution in [0.4, 0.5) is 5.69 Å². The summed E-state index contributed by atoms with van der Waals surface area (Å²) in [7, 11) is 0. The second-order valence-electron chi connectivity index (χ2n) is 5.52. The minimum absolute atomic E-state index is 0.164. The minimum atomic E-state index is -1.23. The molecule has 2 heterocycles.